The Morgan fingerprint density at radius 2 is 1.75 bits per heavy atom. The lowest BCUT2D eigenvalue weighted by Gasteiger charge is -2.29. The Bertz CT molecular complexity index is 1300. The van der Waals surface area contributed by atoms with Crippen LogP contribution < -0.4 is 15.0 Å². The molecule has 3 atom stereocenters. The lowest BCUT2D eigenvalue weighted by atomic mass is 10.0. The van der Waals surface area contributed by atoms with Crippen LogP contribution in [-0.4, -0.2) is 27.4 Å². The summed E-state index contributed by atoms with van der Waals surface area (Å²) >= 11 is 5.90. The molecule has 0 aliphatic carbocycles. The van der Waals surface area contributed by atoms with Crippen LogP contribution in [0.3, 0.4) is 0 Å². The maximum absolute atomic E-state index is 6.01. The number of para-hydroxylation sites is 1. The molecule has 0 saturated carbocycles. The van der Waals surface area contributed by atoms with E-state index in [4.69, 9.17) is 21.7 Å². The van der Waals surface area contributed by atoms with E-state index in [2.05, 4.69) is 56.3 Å². The van der Waals surface area contributed by atoms with Gasteiger partial charge in [0.25, 0.3) is 0 Å². The number of nitrogens with zero attached hydrogens (tertiary/aromatic N) is 3. The zero-order valence-corrected chi connectivity index (χ0v) is 20.7. The lowest BCUT2D eigenvalue weighted by Crippen LogP contribution is -2.31. The van der Waals surface area contributed by atoms with Gasteiger partial charge >= 0.3 is 0 Å². The molecule has 0 spiro atoms. The minimum atomic E-state index is -0.0860. The molecule has 4 heterocycles. The van der Waals surface area contributed by atoms with Crippen LogP contribution >= 0.6 is 12.2 Å². The van der Waals surface area contributed by atoms with Crippen LogP contribution in [-0.2, 0) is 11.3 Å². The second-order valence-electron chi connectivity index (χ2n) is 9.13. The number of hydrogen-bond donors (Lipinski definition) is 1. The number of nitrogens with one attached hydrogen (secondary N) is 1. The first-order valence-electron chi connectivity index (χ1n) is 12.4. The number of ether oxygens (including phenoxy) is 2. The largest absolute Gasteiger partial charge is 0.457 e. The van der Waals surface area contributed by atoms with Crippen molar-refractivity contribution in [1.82, 2.24) is 14.9 Å². The normalized spacial score (nSPS) is 21.5. The minimum Gasteiger partial charge on any atom is -0.457 e. The zero-order chi connectivity index (χ0) is 24.3. The number of anilines is 1. The minimum absolute atomic E-state index is 0.0651. The van der Waals surface area contributed by atoms with E-state index in [1.165, 1.54) is 5.69 Å². The molecule has 0 bridgehead atoms. The van der Waals surface area contributed by atoms with Crippen LogP contribution in [0.1, 0.15) is 36.3 Å². The lowest BCUT2D eigenvalue weighted by molar-refractivity contribution is 0.0961. The fourth-order valence-electron chi connectivity index (χ4n) is 5.10. The summed E-state index contributed by atoms with van der Waals surface area (Å²) in [6.45, 7) is 1.68. The molecule has 2 aromatic heterocycles. The van der Waals surface area contributed by atoms with E-state index in [1.807, 2.05) is 60.8 Å². The standard InChI is InChI=1S/C29H28N4O2S/c36-29-31-27(25-11-4-5-17-30-25)28(26-12-6-18-32(26)20-24-10-7-19-34-24)33(29)21-13-15-23(16-14-21)35-22-8-2-1-3-9-22/h1-6,8-9,11-18,24,27-28H,7,10,19-20H2,(H,31,36)/t24-,27-,28-/m0/s1. The molecule has 4 aromatic rings. The van der Waals surface area contributed by atoms with Crippen LogP contribution in [0.15, 0.2) is 97.3 Å². The number of hydrogen-bond acceptors (Lipinski definition) is 4. The Balaban J connectivity index is 1.34. The molecule has 2 saturated heterocycles. The van der Waals surface area contributed by atoms with Gasteiger partial charge in [-0.05, 0) is 85.7 Å². The van der Waals surface area contributed by atoms with Crippen molar-refractivity contribution in [3.05, 3.63) is 109 Å². The summed E-state index contributed by atoms with van der Waals surface area (Å²) in [4.78, 5) is 6.87. The van der Waals surface area contributed by atoms with Gasteiger partial charge in [-0.3, -0.25) is 4.98 Å². The molecule has 2 aliphatic rings. The van der Waals surface area contributed by atoms with E-state index < -0.39 is 0 Å². The summed E-state index contributed by atoms with van der Waals surface area (Å²) < 4.78 is 14.3. The first kappa shape index (κ1) is 22.8. The highest BCUT2D eigenvalue weighted by molar-refractivity contribution is 7.80. The fraction of sp³-hybridized carbons (Fsp3) is 0.241. The van der Waals surface area contributed by atoms with Crippen molar-refractivity contribution in [2.75, 3.05) is 11.5 Å². The van der Waals surface area contributed by atoms with Gasteiger partial charge in [-0.2, -0.15) is 0 Å². The molecule has 36 heavy (non-hydrogen) atoms. The van der Waals surface area contributed by atoms with Crippen molar-refractivity contribution in [3.8, 4) is 11.5 Å². The summed E-state index contributed by atoms with van der Waals surface area (Å²) in [5, 5.41) is 4.23. The van der Waals surface area contributed by atoms with Crippen molar-refractivity contribution in [3.63, 3.8) is 0 Å². The van der Waals surface area contributed by atoms with Crippen molar-refractivity contribution in [2.45, 2.75) is 37.6 Å². The number of aromatic nitrogens is 2. The van der Waals surface area contributed by atoms with Gasteiger partial charge in [0.15, 0.2) is 5.11 Å². The summed E-state index contributed by atoms with van der Waals surface area (Å²) in [6, 6.07) is 28.1. The van der Waals surface area contributed by atoms with Crippen LogP contribution in [0.2, 0.25) is 0 Å². The monoisotopic (exact) mass is 496 g/mol. The Morgan fingerprint density at radius 3 is 2.50 bits per heavy atom. The van der Waals surface area contributed by atoms with Gasteiger partial charge in [0, 0.05) is 36.9 Å². The van der Waals surface area contributed by atoms with Gasteiger partial charge in [0.05, 0.1) is 17.8 Å². The van der Waals surface area contributed by atoms with Crippen molar-refractivity contribution in [1.29, 1.82) is 0 Å². The Labute approximate surface area is 216 Å². The summed E-state index contributed by atoms with van der Waals surface area (Å²) in [7, 11) is 0. The summed E-state index contributed by atoms with van der Waals surface area (Å²) in [5.74, 6) is 1.59. The first-order valence-corrected chi connectivity index (χ1v) is 12.8. The number of pyridine rings is 1. The molecule has 0 amide bonds. The molecule has 0 radical (unpaired) electrons. The van der Waals surface area contributed by atoms with Crippen molar-refractivity contribution >= 4 is 23.0 Å². The molecular formula is C29H28N4O2S. The summed E-state index contributed by atoms with van der Waals surface area (Å²) in [6.07, 6.45) is 6.43. The first-order chi connectivity index (χ1) is 17.8. The van der Waals surface area contributed by atoms with Gasteiger partial charge in [-0.15, -0.1) is 0 Å². The van der Waals surface area contributed by atoms with Crippen molar-refractivity contribution < 1.29 is 9.47 Å². The third-order valence-electron chi connectivity index (χ3n) is 6.78. The predicted molar refractivity (Wildman–Crippen MR) is 144 cm³/mol. The second-order valence-corrected chi connectivity index (χ2v) is 9.51. The van der Waals surface area contributed by atoms with Crippen LogP contribution in [0, 0.1) is 0 Å². The predicted octanol–water partition coefficient (Wildman–Crippen LogP) is 6.03. The molecule has 182 valence electrons. The molecule has 6 rings (SSSR count). The maximum atomic E-state index is 6.01. The number of rotatable bonds is 7. The molecule has 0 unspecified atom stereocenters. The molecular weight excluding hydrogens is 468 g/mol. The van der Waals surface area contributed by atoms with Gasteiger partial charge in [0.1, 0.15) is 17.5 Å². The van der Waals surface area contributed by atoms with Crippen LogP contribution in [0.25, 0.3) is 0 Å². The maximum Gasteiger partial charge on any atom is 0.174 e. The zero-order valence-electron chi connectivity index (χ0n) is 19.9. The molecule has 1 N–H and O–H groups in total. The quantitative estimate of drug-likeness (QED) is 0.315. The average molecular weight is 497 g/mol. The molecule has 2 fully saturated rings. The van der Waals surface area contributed by atoms with E-state index in [0.29, 0.717) is 5.11 Å². The number of thiocarbonyl (C=S) groups is 1. The van der Waals surface area contributed by atoms with Gasteiger partial charge < -0.3 is 24.3 Å². The summed E-state index contributed by atoms with van der Waals surface area (Å²) in [5.41, 5.74) is 3.14. The highest BCUT2D eigenvalue weighted by Crippen LogP contribution is 2.42. The molecule has 2 aliphatic heterocycles. The molecule has 6 nitrogen and oxygen atoms in total. The molecule has 2 aromatic carbocycles. The molecule has 7 heteroatoms. The van der Waals surface area contributed by atoms with Crippen LogP contribution in [0.4, 0.5) is 5.69 Å². The van der Waals surface area contributed by atoms with Gasteiger partial charge in [-0.1, -0.05) is 24.3 Å². The average Bonchev–Trinajstić information content (AvgIpc) is 3.67. The Hall–Kier alpha value is -3.68. The third kappa shape index (κ3) is 4.59. The highest BCUT2D eigenvalue weighted by Gasteiger charge is 2.42. The van der Waals surface area contributed by atoms with Gasteiger partial charge in [-0.25, -0.2) is 0 Å². The Morgan fingerprint density at radius 1 is 0.944 bits per heavy atom. The van der Waals surface area contributed by atoms with E-state index in [9.17, 15) is 0 Å². The number of benzene rings is 2. The van der Waals surface area contributed by atoms with E-state index in [0.717, 1.165) is 48.9 Å². The van der Waals surface area contributed by atoms with E-state index in [-0.39, 0.29) is 18.2 Å². The SMILES string of the molecule is S=C1N[C@@H](c2ccccn2)[C@H](c2cccn2C[C@@H]2CCCO2)N1c1ccc(Oc2ccccc2)cc1. The van der Waals surface area contributed by atoms with E-state index in [1.54, 1.807) is 0 Å². The van der Waals surface area contributed by atoms with E-state index >= 15 is 0 Å². The smallest absolute Gasteiger partial charge is 0.174 e. The van der Waals surface area contributed by atoms with Gasteiger partial charge in [0.2, 0.25) is 0 Å². The topological polar surface area (TPSA) is 51.5 Å². The second kappa shape index (κ2) is 10.1. The van der Waals surface area contributed by atoms with Crippen LogP contribution in [0.5, 0.6) is 11.5 Å². The van der Waals surface area contributed by atoms with Crippen molar-refractivity contribution in [2.24, 2.45) is 0 Å². The Kier molecular flexibility index (Phi) is 6.40. The highest BCUT2D eigenvalue weighted by atomic mass is 32.1. The fourth-order valence-corrected chi connectivity index (χ4v) is 5.45. The third-order valence-corrected chi connectivity index (χ3v) is 7.10.